The number of rotatable bonds is 8. The average molecular weight is 467 g/mol. The first-order valence-corrected chi connectivity index (χ1v) is 10.0. The predicted molar refractivity (Wildman–Crippen MR) is 111 cm³/mol. The second-order valence-electron chi connectivity index (χ2n) is 6.29. The molecule has 28 heavy (non-hydrogen) atoms. The lowest BCUT2D eigenvalue weighted by atomic mass is 10.3. The fraction of sp³-hybridized carbons (Fsp3) is 0.316. The number of aromatic nitrogens is 4. The molecular formula is C19H21BrClN5O2. The number of nitrogens with one attached hydrogen (secondary N) is 1. The van der Waals surface area contributed by atoms with E-state index in [1.807, 2.05) is 18.5 Å². The lowest BCUT2D eigenvalue weighted by molar-refractivity contribution is 0.0945. The van der Waals surface area contributed by atoms with Gasteiger partial charge in [-0.2, -0.15) is 10.2 Å². The van der Waals surface area contributed by atoms with Crippen LogP contribution >= 0.6 is 27.5 Å². The van der Waals surface area contributed by atoms with Crippen molar-refractivity contribution < 1.29 is 9.53 Å². The number of ether oxygens (including phenoxy) is 1. The van der Waals surface area contributed by atoms with Gasteiger partial charge in [0, 0.05) is 30.0 Å². The molecule has 0 saturated carbocycles. The van der Waals surface area contributed by atoms with E-state index in [1.165, 1.54) is 0 Å². The highest BCUT2D eigenvalue weighted by Gasteiger charge is 2.11. The molecule has 3 aromatic rings. The number of hydrogen-bond donors (Lipinski definition) is 1. The molecule has 7 nitrogen and oxygen atoms in total. The average Bonchev–Trinajstić information content (AvgIpc) is 3.26. The molecule has 0 saturated heterocycles. The molecule has 0 fully saturated rings. The summed E-state index contributed by atoms with van der Waals surface area (Å²) in [4.78, 5) is 12.2. The van der Waals surface area contributed by atoms with Gasteiger partial charge in [0.05, 0.1) is 10.2 Å². The van der Waals surface area contributed by atoms with Gasteiger partial charge in [-0.1, -0.05) is 11.6 Å². The van der Waals surface area contributed by atoms with Crippen molar-refractivity contribution in [3.8, 4) is 5.75 Å². The molecule has 1 N–H and O–H groups in total. The van der Waals surface area contributed by atoms with Gasteiger partial charge in [0.1, 0.15) is 11.4 Å². The van der Waals surface area contributed by atoms with E-state index in [0.29, 0.717) is 23.0 Å². The number of aryl methyl sites for hydroxylation is 2. The van der Waals surface area contributed by atoms with Gasteiger partial charge in [0.25, 0.3) is 5.91 Å². The van der Waals surface area contributed by atoms with Crippen molar-refractivity contribution >= 4 is 33.4 Å². The second-order valence-corrected chi connectivity index (χ2v) is 7.51. The summed E-state index contributed by atoms with van der Waals surface area (Å²) in [7, 11) is 0. The number of hydrogen-bond acceptors (Lipinski definition) is 4. The lowest BCUT2D eigenvalue weighted by Crippen LogP contribution is -2.26. The molecule has 148 valence electrons. The van der Waals surface area contributed by atoms with Crippen molar-refractivity contribution in [2.45, 2.75) is 33.5 Å². The van der Waals surface area contributed by atoms with Crippen molar-refractivity contribution in [3.05, 3.63) is 63.1 Å². The largest absolute Gasteiger partial charge is 0.471 e. The lowest BCUT2D eigenvalue weighted by Gasteiger charge is -2.07. The first-order valence-electron chi connectivity index (χ1n) is 8.83. The highest BCUT2D eigenvalue weighted by Crippen LogP contribution is 2.19. The zero-order valence-electron chi connectivity index (χ0n) is 15.7. The highest BCUT2D eigenvalue weighted by atomic mass is 79.9. The second kappa shape index (κ2) is 9.25. The molecule has 9 heteroatoms. The maximum atomic E-state index is 12.2. The quantitative estimate of drug-likeness (QED) is 0.510. The normalized spacial score (nSPS) is 10.9. The van der Waals surface area contributed by atoms with Gasteiger partial charge in [-0.15, -0.1) is 0 Å². The standard InChI is InChI=1S/C19H21BrClN5O2/c1-13-18(20)14(2)26(23-13)10-3-9-22-19(27)17-8-11-25(24-17)12-28-16-6-4-15(21)5-7-16/h4-8,11H,3,9-10,12H2,1-2H3,(H,22,27). The Balaban J connectivity index is 1.43. The Morgan fingerprint density at radius 3 is 2.64 bits per heavy atom. The minimum atomic E-state index is -0.209. The first kappa shape index (κ1) is 20.4. The van der Waals surface area contributed by atoms with Crippen molar-refractivity contribution in [2.75, 3.05) is 6.54 Å². The molecule has 1 amide bonds. The van der Waals surface area contributed by atoms with E-state index in [4.69, 9.17) is 16.3 Å². The maximum absolute atomic E-state index is 12.2. The van der Waals surface area contributed by atoms with Crippen molar-refractivity contribution in [2.24, 2.45) is 0 Å². The third-order valence-electron chi connectivity index (χ3n) is 4.18. The van der Waals surface area contributed by atoms with E-state index in [0.717, 1.165) is 28.8 Å². The van der Waals surface area contributed by atoms with E-state index >= 15 is 0 Å². The van der Waals surface area contributed by atoms with Crippen molar-refractivity contribution in [3.63, 3.8) is 0 Å². The summed E-state index contributed by atoms with van der Waals surface area (Å²) in [6.45, 7) is 5.47. The Kier molecular flexibility index (Phi) is 6.74. The van der Waals surface area contributed by atoms with Gasteiger partial charge in [-0.3, -0.25) is 9.48 Å². The molecule has 2 aromatic heterocycles. The van der Waals surface area contributed by atoms with Crippen LogP contribution in [0.4, 0.5) is 0 Å². The molecule has 2 heterocycles. The molecule has 0 spiro atoms. The Labute approximate surface area is 176 Å². The highest BCUT2D eigenvalue weighted by molar-refractivity contribution is 9.10. The summed E-state index contributed by atoms with van der Waals surface area (Å²) in [5.74, 6) is 0.474. The van der Waals surface area contributed by atoms with Crippen LogP contribution in [0.5, 0.6) is 5.75 Å². The van der Waals surface area contributed by atoms with Crippen LogP contribution < -0.4 is 10.1 Å². The molecular weight excluding hydrogens is 446 g/mol. The van der Waals surface area contributed by atoms with E-state index in [1.54, 1.807) is 41.2 Å². The summed E-state index contributed by atoms with van der Waals surface area (Å²) >= 11 is 9.36. The fourth-order valence-corrected chi connectivity index (χ4v) is 3.05. The minimum absolute atomic E-state index is 0.209. The molecule has 0 atom stereocenters. The first-order chi connectivity index (χ1) is 13.4. The summed E-state index contributed by atoms with van der Waals surface area (Å²) < 4.78 is 10.1. The molecule has 1 aromatic carbocycles. The molecule has 0 aliphatic carbocycles. The van der Waals surface area contributed by atoms with Crippen LogP contribution in [0.25, 0.3) is 0 Å². The zero-order chi connectivity index (χ0) is 20.1. The smallest absolute Gasteiger partial charge is 0.271 e. The van der Waals surface area contributed by atoms with Crippen LogP contribution in [-0.4, -0.2) is 32.0 Å². The van der Waals surface area contributed by atoms with Crippen LogP contribution in [0.2, 0.25) is 5.02 Å². The zero-order valence-corrected chi connectivity index (χ0v) is 18.0. The van der Waals surface area contributed by atoms with E-state index < -0.39 is 0 Å². The summed E-state index contributed by atoms with van der Waals surface area (Å²) in [5, 5.41) is 12.2. The van der Waals surface area contributed by atoms with Crippen LogP contribution in [0.15, 0.2) is 41.0 Å². The molecule has 3 rings (SSSR count). The SMILES string of the molecule is Cc1nn(CCCNC(=O)c2ccn(COc3ccc(Cl)cc3)n2)c(C)c1Br. The third-order valence-corrected chi connectivity index (χ3v) is 5.58. The Morgan fingerprint density at radius 2 is 1.96 bits per heavy atom. The summed E-state index contributed by atoms with van der Waals surface area (Å²) in [6, 6.07) is 8.73. The predicted octanol–water partition coefficient (Wildman–Crippen LogP) is 3.97. The van der Waals surface area contributed by atoms with Crippen molar-refractivity contribution in [1.82, 2.24) is 24.9 Å². The van der Waals surface area contributed by atoms with Gasteiger partial charge in [-0.25, -0.2) is 4.68 Å². The van der Waals surface area contributed by atoms with Crippen LogP contribution in [0.3, 0.4) is 0 Å². The monoisotopic (exact) mass is 465 g/mol. The van der Waals surface area contributed by atoms with E-state index in [-0.39, 0.29) is 12.6 Å². The Morgan fingerprint density at radius 1 is 1.21 bits per heavy atom. The van der Waals surface area contributed by atoms with Gasteiger partial charge in [0.15, 0.2) is 6.73 Å². The number of benzene rings is 1. The van der Waals surface area contributed by atoms with Gasteiger partial charge >= 0.3 is 0 Å². The molecule has 0 aliphatic heterocycles. The summed E-state index contributed by atoms with van der Waals surface area (Å²) in [5.41, 5.74) is 2.41. The van der Waals surface area contributed by atoms with E-state index in [2.05, 4.69) is 31.4 Å². The van der Waals surface area contributed by atoms with Crippen LogP contribution in [0, 0.1) is 13.8 Å². The maximum Gasteiger partial charge on any atom is 0.271 e. The van der Waals surface area contributed by atoms with Gasteiger partial charge in [-0.05, 0) is 66.5 Å². The topological polar surface area (TPSA) is 74.0 Å². The van der Waals surface area contributed by atoms with E-state index in [9.17, 15) is 4.79 Å². The molecule has 0 unspecified atom stereocenters. The molecule has 0 aliphatic rings. The number of halogens is 2. The van der Waals surface area contributed by atoms with Crippen LogP contribution in [-0.2, 0) is 13.3 Å². The van der Waals surface area contributed by atoms with Crippen molar-refractivity contribution in [1.29, 1.82) is 0 Å². The number of carbonyl (C=O) groups excluding carboxylic acids is 1. The summed E-state index contributed by atoms with van der Waals surface area (Å²) in [6.07, 6.45) is 2.48. The number of amides is 1. The molecule has 0 radical (unpaired) electrons. The molecule has 0 bridgehead atoms. The van der Waals surface area contributed by atoms with Gasteiger partial charge in [0.2, 0.25) is 0 Å². The van der Waals surface area contributed by atoms with Crippen LogP contribution in [0.1, 0.15) is 28.3 Å². The Bertz CT molecular complexity index is 952. The Hall–Kier alpha value is -2.32. The number of carbonyl (C=O) groups is 1. The van der Waals surface area contributed by atoms with Gasteiger partial charge < -0.3 is 10.1 Å². The number of nitrogens with zero attached hydrogens (tertiary/aromatic N) is 4. The minimum Gasteiger partial charge on any atom is -0.471 e. The fourth-order valence-electron chi connectivity index (χ4n) is 2.64. The third kappa shape index (κ3) is 5.14.